The largest absolute Gasteiger partial charge is 0.511 e. The number of benzene rings is 1. The Morgan fingerprint density at radius 3 is 2.52 bits per heavy atom. The van der Waals surface area contributed by atoms with E-state index in [0.29, 0.717) is 22.3 Å². The van der Waals surface area contributed by atoms with Gasteiger partial charge in [-0.15, -0.1) is 0 Å². The molecule has 0 spiro atoms. The third-order valence-electron chi connectivity index (χ3n) is 6.67. The molecule has 1 fully saturated rings. The van der Waals surface area contributed by atoms with Crippen LogP contribution in [0.2, 0.25) is 0 Å². The lowest BCUT2D eigenvalue weighted by Crippen LogP contribution is -2.47. The van der Waals surface area contributed by atoms with E-state index in [2.05, 4.69) is 4.98 Å². The summed E-state index contributed by atoms with van der Waals surface area (Å²) in [5, 5.41) is 0. The Balaban J connectivity index is 1.75. The first-order chi connectivity index (χ1) is 15.6. The molecule has 0 unspecified atom stereocenters. The fraction of sp³-hybridized carbons (Fsp3) is 0.591. The number of para-hydroxylation sites is 1. The number of halogens is 4. The highest BCUT2D eigenvalue weighted by molar-refractivity contribution is 7.89. The summed E-state index contributed by atoms with van der Waals surface area (Å²) in [6, 6.07) is 3.52. The predicted molar refractivity (Wildman–Crippen MR) is 116 cm³/mol. The average Bonchev–Trinajstić information content (AvgIpc) is 3.36. The zero-order valence-electron chi connectivity index (χ0n) is 18.4. The van der Waals surface area contributed by atoms with Crippen molar-refractivity contribution >= 4 is 15.7 Å². The van der Waals surface area contributed by atoms with Crippen LogP contribution < -0.4 is 4.90 Å². The molecule has 0 amide bonds. The van der Waals surface area contributed by atoms with E-state index >= 15 is 4.39 Å². The molecular weight excluding hydrogens is 460 g/mol. The molecule has 0 bridgehead atoms. The molecule has 1 atom stereocenters. The molecule has 1 aromatic carbocycles. The van der Waals surface area contributed by atoms with Gasteiger partial charge in [0.1, 0.15) is 5.82 Å². The number of nitrogens with zero attached hydrogens (tertiary/aromatic N) is 4. The van der Waals surface area contributed by atoms with Gasteiger partial charge in [-0.1, -0.05) is 37.8 Å². The Morgan fingerprint density at radius 1 is 1.15 bits per heavy atom. The molecule has 6 nitrogen and oxygen atoms in total. The molecule has 4 rings (SSSR count). The fourth-order valence-corrected chi connectivity index (χ4v) is 5.99. The number of aromatic nitrogens is 2. The third-order valence-corrected chi connectivity index (χ3v) is 8.21. The number of hydrogen-bond donors (Lipinski definition) is 0. The second-order valence-electron chi connectivity index (χ2n) is 9.03. The van der Waals surface area contributed by atoms with Crippen molar-refractivity contribution in [3.8, 4) is 0 Å². The maximum atomic E-state index is 15.1. The Morgan fingerprint density at radius 2 is 1.88 bits per heavy atom. The molecule has 182 valence electrons. The Hall–Kier alpha value is -2.14. The van der Waals surface area contributed by atoms with Crippen molar-refractivity contribution in [2.24, 2.45) is 13.0 Å². The van der Waals surface area contributed by atoms with E-state index in [9.17, 15) is 21.6 Å². The first kappa shape index (κ1) is 24.0. The normalized spacial score (nSPS) is 20.8. The minimum Gasteiger partial charge on any atom is -0.359 e. The molecule has 11 heteroatoms. The molecule has 2 aliphatic rings. The number of imidazole rings is 1. The van der Waals surface area contributed by atoms with Crippen LogP contribution in [0.3, 0.4) is 0 Å². The molecule has 0 N–H and O–H groups in total. The van der Waals surface area contributed by atoms with Crippen LogP contribution >= 0.6 is 0 Å². The molecular formula is C22H28F4N4O2S. The second kappa shape index (κ2) is 9.25. The maximum absolute atomic E-state index is 15.1. The molecule has 0 saturated heterocycles. The minimum absolute atomic E-state index is 0.152. The summed E-state index contributed by atoms with van der Waals surface area (Å²) in [5.41, 5.74) is -4.43. The number of aryl methyl sites for hydroxylation is 1. The highest BCUT2D eigenvalue weighted by Gasteiger charge is 2.51. The van der Waals surface area contributed by atoms with Crippen LogP contribution in [-0.2, 0) is 30.2 Å². The fourth-order valence-electron chi connectivity index (χ4n) is 5.02. The van der Waals surface area contributed by atoms with Crippen LogP contribution in [-0.4, -0.2) is 40.4 Å². The van der Waals surface area contributed by atoms with Crippen molar-refractivity contribution in [2.45, 2.75) is 63.2 Å². The van der Waals surface area contributed by atoms with Gasteiger partial charge in [-0.25, -0.2) is 17.8 Å². The average molecular weight is 489 g/mol. The standard InChI is InChI=1S/C22H28F4N4O2S/c1-28-12-18(27-15-28)13-30-19(10-9-16-5-2-3-6-16)14-29(33(31,32)22(24,25)26)11-17-7-4-8-20(23)21(17)30/h4,7-8,12,15-16,19H,2-3,5-6,9-11,13-14H2,1H3/t19-/m0/s1. The minimum atomic E-state index is -5.58. The van der Waals surface area contributed by atoms with Crippen LogP contribution in [0.15, 0.2) is 30.7 Å². The Bertz CT molecular complexity index is 1080. The van der Waals surface area contributed by atoms with Gasteiger partial charge in [0.25, 0.3) is 0 Å². The Kier molecular flexibility index (Phi) is 6.73. The summed E-state index contributed by atoms with van der Waals surface area (Å²) < 4.78 is 82.6. The highest BCUT2D eigenvalue weighted by atomic mass is 32.2. The molecule has 1 aliphatic heterocycles. The van der Waals surface area contributed by atoms with E-state index in [0.717, 1.165) is 32.1 Å². The molecule has 2 heterocycles. The van der Waals surface area contributed by atoms with Crippen molar-refractivity contribution in [3.05, 3.63) is 47.8 Å². The number of rotatable bonds is 6. The van der Waals surface area contributed by atoms with Gasteiger partial charge < -0.3 is 9.47 Å². The van der Waals surface area contributed by atoms with Crippen LogP contribution in [0.25, 0.3) is 0 Å². The van der Waals surface area contributed by atoms with Gasteiger partial charge in [-0.2, -0.15) is 17.5 Å². The lowest BCUT2D eigenvalue weighted by molar-refractivity contribution is -0.0492. The Labute approximate surface area is 191 Å². The van der Waals surface area contributed by atoms with Gasteiger partial charge in [-0.05, 0) is 30.4 Å². The maximum Gasteiger partial charge on any atom is 0.511 e. The third kappa shape index (κ3) is 5.03. The van der Waals surface area contributed by atoms with E-state index in [-0.39, 0.29) is 24.3 Å². The van der Waals surface area contributed by atoms with Crippen molar-refractivity contribution < 1.29 is 26.0 Å². The number of fused-ring (bicyclic) bond motifs is 1. The number of sulfonamides is 1. The van der Waals surface area contributed by atoms with Crippen molar-refractivity contribution in [3.63, 3.8) is 0 Å². The number of alkyl halides is 3. The summed E-state index contributed by atoms with van der Waals surface area (Å²) in [6.45, 7) is -0.729. The topological polar surface area (TPSA) is 58.4 Å². The van der Waals surface area contributed by atoms with E-state index in [1.165, 1.54) is 18.2 Å². The number of hydrogen-bond acceptors (Lipinski definition) is 4. The van der Waals surface area contributed by atoms with Gasteiger partial charge in [-0.3, -0.25) is 0 Å². The highest BCUT2D eigenvalue weighted by Crippen LogP contribution is 2.38. The molecule has 1 aromatic heterocycles. The lowest BCUT2D eigenvalue weighted by Gasteiger charge is -2.34. The van der Waals surface area contributed by atoms with E-state index < -0.39 is 33.9 Å². The molecule has 1 saturated carbocycles. The zero-order valence-corrected chi connectivity index (χ0v) is 19.2. The van der Waals surface area contributed by atoms with E-state index in [1.807, 2.05) is 0 Å². The van der Waals surface area contributed by atoms with Crippen LogP contribution in [0.4, 0.5) is 23.2 Å². The lowest BCUT2D eigenvalue weighted by atomic mass is 9.97. The van der Waals surface area contributed by atoms with E-state index in [1.54, 1.807) is 29.0 Å². The first-order valence-corrected chi connectivity index (χ1v) is 12.6. The van der Waals surface area contributed by atoms with Gasteiger partial charge in [0.2, 0.25) is 0 Å². The van der Waals surface area contributed by atoms with Crippen molar-refractivity contribution in [2.75, 3.05) is 11.4 Å². The quantitative estimate of drug-likeness (QED) is 0.559. The SMILES string of the molecule is Cn1cnc(CN2c3c(F)cccc3CN(S(=O)(=O)C(F)(F)F)C[C@@H]2CCC2CCCC2)c1. The molecule has 2 aromatic rings. The van der Waals surface area contributed by atoms with Crippen LogP contribution in [0.1, 0.15) is 49.8 Å². The van der Waals surface area contributed by atoms with Crippen LogP contribution in [0, 0.1) is 11.7 Å². The number of anilines is 1. The summed E-state index contributed by atoms with van der Waals surface area (Å²) >= 11 is 0. The van der Waals surface area contributed by atoms with Crippen LogP contribution in [0.5, 0.6) is 0 Å². The summed E-state index contributed by atoms with van der Waals surface area (Å²) in [6.07, 6.45) is 8.96. The van der Waals surface area contributed by atoms with Gasteiger partial charge >= 0.3 is 15.5 Å². The zero-order chi connectivity index (χ0) is 23.8. The molecule has 33 heavy (non-hydrogen) atoms. The monoisotopic (exact) mass is 488 g/mol. The van der Waals surface area contributed by atoms with Gasteiger partial charge in [0.15, 0.2) is 0 Å². The van der Waals surface area contributed by atoms with E-state index in [4.69, 9.17) is 0 Å². The van der Waals surface area contributed by atoms with Crippen molar-refractivity contribution in [1.82, 2.24) is 13.9 Å². The van der Waals surface area contributed by atoms with Gasteiger partial charge in [0.05, 0.1) is 24.3 Å². The molecule has 1 aliphatic carbocycles. The van der Waals surface area contributed by atoms with Gasteiger partial charge in [0, 0.05) is 32.4 Å². The second-order valence-corrected chi connectivity index (χ2v) is 11.0. The summed E-state index contributed by atoms with van der Waals surface area (Å²) in [5.74, 6) is -0.127. The summed E-state index contributed by atoms with van der Waals surface area (Å²) in [7, 11) is -3.78. The first-order valence-electron chi connectivity index (χ1n) is 11.1. The predicted octanol–water partition coefficient (Wildman–Crippen LogP) is 4.57. The molecule has 0 radical (unpaired) electrons. The smallest absolute Gasteiger partial charge is 0.359 e. The van der Waals surface area contributed by atoms with Crippen molar-refractivity contribution in [1.29, 1.82) is 0 Å². The summed E-state index contributed by atoms with van der Waals surface area (Å²) in [4.78, 5) is 6.03.